The van der Waals surface area contributed by atoms with Crippen molar-refractivity contribution >= 4 is 23.9 Å². The molecule has 0 heterocycles. The van der Waals surface area contributed by atoms with Crippen LogP contribution in [0.15, 0.2) is 0 Å². The Morgan fingerprint density at radius 1 is 0.679 bits per heavy atom. The maximum absolute atomic E-state index is 11.8. The number of carboxylic acid groups (broad SMARTS) is 2. The maximum Gasteiger partial charge on any atom is 0.342 e. The van der Waals surface area contributed by atoms with Gasteiger partial charge in [0, 0.05) is 38.7 Å². The van der Waals surface area contributed by atoms with Crippen LogP contribution in [0.4, 0.5) is 0 Å². The van der Waals surface area contributed by atoms with Crippen molar-refractivity contribution in [2.75, 3.05) is 6.61 Å². The number of hydrogen-bond acceptors (Lipinski definition) is 8. The summed E-state index contributed by atoms with van der Waals surface area (Å²) >= 11 is 0. The fourth-order valence-corrected chi connectivity index (χ4v) is 2.17. The van der Waals surface area contributed by atoms with Crippen LogP contribution in [0.25, 0.3) is 0 Å². The Morgan fingerprint density at radius 3 is 1.75 bits per heavy atom. The van der Waals surface area contributed by atoms with Crippen LogP contribution in [-0.4, -0.2) is 52.1 Å². The zero-order chi connectivity index (χ0) is 21.2. The molecule has 1 atom stereocenters. The van der Waals surface area contributed by atoms with Crippen molar-refractivity contribution in [3.8, 4) is 0 Å². The summed E-state index contributed by atoms with van der Waals surface area (Å²) in [5.41, 5.74) is 0. The lowest BCUT2D eigenvalue weighted by Gasteiger charge is -2.16. The van der Waals surface area contributed by atoms with Gasteiger partial charge in [0.1, 0.15) is 0 Å². The lowest BCUT2D eigenvalue weighted by atomic mass is 10.2. The van der Waals surface area contributed by atoms with Crippen LogP contribution in [0, 0.1) is 0 Å². The average molecular weight is 406 g/mol. The van der Waals surface area contributed by atoms with Gasteiger partial charge in [-0.15, -0.1) is 4.89 Å². The van der Waals surface area contributed by atoms with E-state index in [-0.39, 0.29) is 38.7 Å². The zero-order valence-electron chi connectivity index (χ0n) is 16.0. The summed E-state index contributed by atoms with van der Waals surface area (Å²) in [4.78, 5) is 53.8. The topological polar surface area (TPSA) is 157 Å². The number of hydrogen-bond donors (Lipinski definition) is 3. The van der Waals surface area contributed by atoms with Crippen molar-refractivity contribution in [1.29, 1.82) is 0 Å². The van der Waals surface area contributed by atoms with Gasteiger partial charge in [0.25, 0.3) is 0 Å². The predicted molar refractivity (Wildman–Crippen MR) is 94.8 cm³/mol. The highest BCUT2D eigenvalue weighted by Crippen LogP contribution is 2.12. The van der Waals surface area contributed by atoms with Crippen LogP contribution in [0.5, 0.6) is 0 Å². The van der Waals surface area contributed by atoms with Crippen molar-refractivity contribution in [1.82, 2.24) is 0 Å². The van der Waals surface area contributed by atoms with Gasteiger partial charge in [0.05, 0.1) is 0 Å². The van der Waals surface area contributed by atoms with Gasteiger partial charge in [-0.2, -0.15) is 0 Å². The van der Waals surface area contributed by atoms with Crippen molar-refractivity contribution < 1.29 is 49.0 Å². The summed E-state index contributed by atoms with van der Waals surface area (Å²) in [6.45, 7) is 0.0419. The molecule has 0 spiro atoms. The van der Waals surface area contributed by atoms with Crippen LogP contribution in [0.3, 0.4) is 0 Å². The number of ether oxygens (including phenoxy) is 1. The second-order valence-electron chi connectivity index (χ2n) is 6.25. The van der Waals surface area contributed by atoms with E-state index in [9.17, 15) is 19.2 Å². The lowest BCUT2D eigenvalue weighted by molar-refractivity contribution is -0.345. The molecule has 0 rings (SSSR count). The molecule has 0 aliphatic heterocycles. The molecule has 0 amide bonds. The first-order chi connectivity index (χ1) is 13.3. The third kappa shape index (κ3) is 17.2. The number of aliphatic hydroxyl groups excluding tert-OH is 1. The summed E-state index contributed by atoms with van der Waals surface area (Å²) in [6, 6.07) is 0. The van der Waals surface area contributed by atoms with Crippen LogP contribution in [0.1, 0.15) is 77.0 Å². The highest BCUT2D eigenvalue weighted by atomic mass is 17.2. The molecule has 1 unspecified atom stereocenters. The van der Waals surface area contributed by atoms with Gasteiger partial charge < -0.3 is 20.1 Å². The first-order valence-electron chi connectivity index (χ1n) is 9.45. The Hall–Kier alpha value is -2.20. The first-order valence-corrected chi connectivity index (χ1v) is 9.45. The predicted octanol–water partition coefficient (Wildman–Crippen LogP) is 2.17. The van der Waals surface area contributed by atoms with Gasteiger partial charge in [-0.1, -0.05) is 6.42 Å². The van der Waals surface area contributed by atoms with E-state index >= 15 is 0 Å². The monoisotopic (exact) mass is 406 g/mol. The Morgan fingerprint density at radius 2 is 1.21 bits per heavy atom. The van der Waals surface area contributed by atoms with Gasteiger partial charge in [0.15, 0.2) is 0 Å². The maximum atomic E-state index is 11.8. The molecule has 0 bridgehead atoms. The normalized spacial score (nSPS) is 11.6. The van der Waals surface area contributed by atoms with Gasteiger partial charge in [-0.3, -0.25) is 19.3 Å². The summed E-state index contributed by atoms with van der Waals surface area (Å²) in [6.07, 6.45) is 2.31. The number of aliphatic hydroxyl groups is 1. The minimum atomic E-state index is -1.09. The van der Waals surface area contributed by atoms with E-state index in [4.69, 9.17) is 24.9 Å². The number of rotatable bonds is 18. The third-order valence-electron chi connectivity index (χ3n) is 3.65. The molecule has 0 saturated carbocycles. The second kappa shape index (κ2) is 16.9. The van der Waals surface area contributed by atoms with Crippen LogP contribution < -0.4 is 0 Å². The fraction of sp³-hybridized carbons (Fsp3) is 0.778. The summed E-state index contributed by atoms with van der Waals surface area (Å²) in [7, 11) is 0. The number of unbranched alkanes of at least 4 members (excludes halogenated alkanes) is 4. The molecule has 0 radical (unpaired) electrons. The summed E-state index contributed by atoms with van der Waals surface area (Å²) in [5.74, 6) is -3.16. The second-order valence-corrected chi connectivity index (χ2v) is 6.25. The zero-order valence-corrected chi connectivity index (χ0v) is 16.0. The van der Waals surface area contributed by atoms with E-state index in [1.165, 1.54) is 0 Å². The molecule has 0 aromatic rings. The van der Waals surface area contributed by atoms with Crippen LogP contribution >= 0.6 is 0 Å². The molecular formula is C18H30O10. The minimum Gasteiger partial charge on any atom is -0.481 e. The van der Waals surface area contributed by atoms with Crippen molar-refractivity contribution in [2.24, 2.45) is 0 Å². The van der Waals surface area contributed by atoms with Crippen LogP contribution in [0.2, 0.25) is 0 Å². The Labute approximate surface area is 163 Å². The molecule has 3 N–H and O–H groups in total. The highest BCUT2D eigenvalue weighted by molar-refractivity contribution is 5.70. The van der Waals surface area contributed by atoms with Crippen molar-refractivity contribution in [2.45, 2.75) is 83.3 Å². The fourth-order valence-electron chi connectivity index (χ4n) is 2.17. The van der Waals surface area contributed by atoms with Crippen LogP contribution in [-0.2, 0) is 33.7 Å². The Balaban J connectivity index is 4.22. The number of carboxylic acids is 2. The molecule has 28 heavy (non-hydrogen) atoms. The van der Waals surface area contributed by atoms with Gasteiger partial charge in [-0.05, 0) is 38.5 Å². The molecule has 0 saturated heterocycles. The standard InChI is InChI=1S/C18H30O10/c19-13-7-1-2-12-18(26-16(24)10-5-3-8-14(20)21)28-27-17(25)11-6-4-9-15(22)23/h18-19H,1-13H2,(H,20,21)(H,22,23). The number of esters is 1. The number of carbonyl (C=O) groups excluding carboxylic acids is 2. The lowest BCUT2D eigenvalue weighted by Crippen LogP contribution is -2.23. The molecule has 0 fully saturated rings. The van der Waals surface area contributed by atoms with E-state index in [1.54, 1.807) is 0 Å². The third-order valence-corrected chi connectivity index (χ3v) is 3.65. The smallest absolute Gasteiger partial charge is 0.342 e. The summed E-state index contributed by atoms with van der Waals surface area (Å²) < 4.78 is 5.12. The molecule has 0 aromatic heterocycles. The van der Waals surface area contributed by atoms with Gasteiger partial charge >= 0.3 is 23.9 Å². The summed E-state index contributed by atoms with van der Waals surface area (Å²) in [5, 5.41) is 25.9. The molecule has 0 aliphatic rings. The van der Waals surface area contributed by atoms with Crippen molar-refractivity contribution in [3.05, 3.63) is 0 Å². The minimum absolute atomic E-state index is 0.0202. The number of carbonyl (C=O) groups is 4. The number of aliphatic carboxylic acids is 2. The van der Waals surface area contributed by atoms with E-state index in [1.807, 2.05) is 0 Å². The average Bonchev–Trinajstić information content (AvgIpc) is 2.63. The molecule has 0 aliphatic carbocycles. The molecular weight excluding hydrogens is 376 g/mol. The van der Waals surface area contributed by atoms with E-state index in [0.717, 1.165) is 0 Å². The SMILES string of the molecule is O=C(O)CCCCC(=O)OOC(CCCCCO)OC(=O)CCCCC(=O)O. The quantitative estimate of drug-likeness (QED) is 0.101. The molecule has 10 nitrogen and oxygen atoms in total. The molecule has 10 heteroatoms. The van der Waals surface area contributed by atoms with E-state index < -0.39 is 30.2 Å². The Kier molecular flexibility index (Phi) is 15.6. The van der Waals surface area contributed by atoms with Crippen molar-refractivity contribution in [3.63, 3.8) is 0 Å². The van der Waals surface area contributed by atoms with E-state index in [2.05, 4.69) is 4.89 Å². The first kappa shape index (κ1) is 25.8. The molecule has 162 valence electrons. The molecule has 0 aromatic carbocycles. The Bertz CT molecular complexity index is 477. The van der Waals surface area contributed by atoms with Gasteiger partial charge in [-0.25, -0.2) is 4.79 Å². The van der Waals surface area contributed by atoms with Gasteiger partial charge in [0.2, 0.25) is 6.29 Å². The van der Waals surface area contributed by atoms with E-state index in [0.29, 0.717) is 44.9 Å². The highest BCUT2D eigenvalue weighted by Gasteiger charge is 2.18. The largest absolute Gasteiger partial charge is 0.481 e.